The Hall–Kier alpha value is -1.20. The van der Waals surface area contributed by atoms with Crippen molar-refractivity contribution in [3.8, 4) is 0 Å². The van der Waals surface area contributed by atoms with Crippen LogP contribution in [0.25, 0.3) is 10.2 Å². The van der Waals surface area contributed by atoms with Crippen molar-refractivity contribution in [1.29, 1.82) is 0 Å². The van der Waals surface area contributed by atoms with Gasteiger partial charge in [0.1, 0.15) is 17.0 Å². The van der Waals surface area contributed by atoms with Gasteiger partial charge in [0.25, 0.3) is 0 Å². The Balaban J connectivity index is 1.93. The van der Waals surface area contributed by atoms with Crippen LogP contribution in [0, 0.1) is 0 Å². The largest absolute Gasteiger partial charge is 0.365 e. The fourth-order valence-corrected chi connectivity index (χ4v) is 3.47. The maximum atomic E-state index is 6.10. The second-order valence-electron chi connectivity index (χ2n) is 4.85. The van der Waals surface area contributed by atoms with Gasteiger partial charge in [-0.05, 0) is 31.7 Å². The topological polar surface area (TPSA) is 63.8 Å². The van der Waals surface area contributed by atoms with Crippen LogP contribution >= 0.6 is 11.3 Å². The predicted octanol–water partition coefficient (Wildman–Crippen LogP) is 2.55. The Morgan fingerprint density at radius 1 is 1.44 bits per heavy atom. The summed E-state index contributed by atoms with van der Waals surface area (Å²) >= 11 is 1.75. The van der Waals surface area contributed by atoms with E-state index in [-0.39, 0.29) is 6.04 Å². The number of aryl methyl sites for hydroxylation is 1. The second kappa shape index (κ2) is 4.82. The monoisotopic (exact) mass is 262 g/mol. The van der Waals surface area contributed by atoms with E-state index in [1.807, 2.05) is 0 Å². The third-order valence-electron chi connectivity index (χ3n) is 3.62. The summed E-state index contributed by atoms with van der Waals surface area (Å²) in [5.41, 5.74) is 6.10. The highest BCUT2D eigenvalue weighted by Crippen LogP contribution is 2.30. The molecule has 0 radical (unpaired) electrons. The first kappa shape index (κ1) is 11.9. The Labute approximate surface area is 111 Å². The first-order valence-corrected chi connectivity index (χ1v) is 7.35. The van der Waals surface area contributed by atoms with E-state index in [0.717, 1.165) is 35.3 Å². The molecule has 0 amide bonds. The highest BCUT2D eigenvalue weighted by Gasteiger charge is 2.24. The zero-order valence-corrected chi connectivity index (χ0v) is 11.3. The van der Waals surface area contributed by atoms with Crippen LogP contribution in [0.15, 0.2) is 12.4 Å². The van der Waals surface area contributed by atoms with Gasteiger partial charge >= 0.3 is 0 Å². The summed E-state index contributed by atoms with van der Waals surface area (Å²) in [5.74, 6) is 0.943. The molecule has 0 bridgehead atoms. The van der Waals surface area contributed by atoms with E-state index in [4.69, 9.17) is 5.73 Å². The number of nitrogens with two attached hydrogens (primary N) is 1. The van der Waals surface area contributed by atoms with Crippen LogP contribution in [0.1, 0.15) is 31.1 Å². The number of hydrogen-bond donors (Lipinski definition) is 2. The molecule has 3 rings (SSSR count). The van der Waals surface area contributed by atoms with E-state index in [1.165, 1.54) is 11.3 Å². The molecule has 0 aliphatic heterocycles. The van der Waals surface area contributed by atoms with Crippen molar-refractivity contribution in [3.63, 3.8) is 0 Å². The van der Waals surface area contributed by atoms with Crippen LogP contribution in [-0.4, -0.2) is 22.1 Å². The highest BCUT2D eigenvalue weighted by atomic mass is 32.1. The lowest BCUT2D eigenvalue weighted by molar-refractivity contribution is 0.636. The van der Waals surface area contributed by atoms with Crippen molar-refractivity contribution < 1.29 is 0 Å². The van der Waals surface area contributed by atoms with Gasteiger partial charge in [0.05, 0.1) is 5.39 Å². The number of rotatable bonds is 3. The van der Waals surface area contributed by atoms with Gasteiger partial charge in [-0.15, -0.1) is 11.3 Å². The Bertz CT molecular complexity index is 551. The predicted molar refractivity (Wildman–Crippen MR) is 76.0 cm³/mol. The van der Waals surface area contributed by atoms with Crippen molar-refractivity contribution in [1.82, 2.24) is 9.97 Å². The van der Waals surface area contributed by atoms with Crippen LogP contribution in [0.3, 0.4) is 0 Å². The fourth-order valence-electron chi connectivity index (χ4n) is 2.54. The van der Waals surface area contributed by atoms with Gasteiger partial charge in [0.2, 0.25) is 0 Å². The normalized spacial score (nSPS) is 23.7. The average Bonchev–Trinajstić information content (AvgIpc) is 2.96. The Morgan fingerprint density at radius 3 is 3.06 bits per heavy atom. The number of nitrogens with one attached hydrogen (secondary N) is 1. The van der Waals surface area contributed by atoms with Gasteiger partial charge in [-0.3, -0.25) is 0 Å². The average molecular weight is 262 g/mol. The molecule has 2 atom stereocenters. The number of nitrogens with zero attached hydrogens (tertiary/aromatic N) is 2. The molecule has 1 aliphatic carbocycles. The van der Waals surface area contributed by atoms with Gasteiger partial charge in [-0.25, -0.2) is 9.97 Å². The molecule has 1 aliphatic rings. The summed E-state index contributed by atoms with van der Waals surface area (Å²) in [6.07, 6.45) is 6.13. The number of anilines is 1. The third-order valence-corrected chi connectivity index (χ3v) is 4.81. The molecule has 2 aromatic heterocycles. The van der Waals surface area contributed by atoms with Crippen LogP contribution < -0.4 is 11.1 Å². The maximum absolute atomic E-state index is 6.10. The molecule has 1 saturated carbocycles. The molecule has 2 unspecified atom stereocenters. The number of hydrogen-bond acceptors (Lipinski definition) is 5. The smallest absolute Gasteiger partial charge is 0.138 e. The summed E-state index contributed by atoms with van der Waals surface area (Å²) in [5, 5.41) is 4.64. The van der Waals surface area contributed by atoms with E-state index in [1.54, 1.807) is 17.7 Å². The zero-order valence-electron chi connectivity index (χ0n) is 10.5. The lowest BCUT2D eigenvalue weighted by Crippen LogP contribution is -2.35. The zero-order chi connectivity index (χ0) is 12.5. The minimum atomic E-state index is 0.249. The van der Waals surface area contributed by atoms with E-state index < -0.39 is 0 Å². The summed E-state index contributed by atoms with van der Waals surface area (Å²) in [7, 11) is 0. The van der Waals surface area contributed by atoms with Crippen molar-refractivity contribution in [2.45, 2.75) is 44.7 Å². The molecule has 2 aromatic rings. The lowest BCUT2D eigenvalue weighted by Gasteiger charge is -2.18. The van der Waals surface area contributed by atoms with Crippen molar-refractivity contribution in [2.75, 3.05) is 5.32 Å². The standard InChI is InChI=1S/C13H18N4S/c1-2-8-6-9-12(15-7-16-13(9)18-8)17-11-5-3-4-10(11)14/h6-7,10-11H,2-5,14H2,1H3,(H,15,16,17). The molecule has 5 heteroatoms. The quantitative estimate of drug-likeness (QED) is 0.892. The molecule has 1 fully saturated rings. The lowest BCUT2D eigenvalue weighted by atomic mass is 10.2. The van der Waals surface area contributed by atoms with Crippen molar-refractivity contribution in [2.24, 2.45) is 5.73 Å². The van der Waals surface area contributed by atoms with Gasteiger partial charge in [-0.2, -0.15) is 0 Å². The molecular formula is C13H18N4S. The maximum Gasteiger partial charge on any atom is 0.138 e. The molecule has 2 heterocycles. The Morgan fingerprint density at radius 2 is 2.33 bits per heavy atom. The molecule has 18 heavy (non-hydrogen) atoms. The number of thiophene rings is 1. The number of fused-ring (bicyclic) bond motifs is 1. The van der Waals surface area contributed by atoms with Crippen molar-refractivity contribution in [3.05, 3.63) is 17.3 Å². The van der Waals surface area contributed by atoms with E-state index >= 15 is 0 Å². The van der Waals surface area contributed by atoms with E-state index in [0.29, 0.717) is 6.04 Å². The molecule has 96 valence electrons. The highest BCUT2D eigenvalue weighted by molar-refractivity contribution is 7.18. The molecule has 4 nitrogen and oxygen atoms in total. The summed E-state index contributed by atoms with van der Waals surface area (Å²) in [4.78, 5) is 11.1. The minimum Gasteiger partial charge on any atom is -0.365 e. The van der Waals surface area contributed by atoms with Gasteiger partial charge in [-0.1, -0.05) is 6.92 Å². The van der Waals surface area contributed by atoms with Crippen LogP contribution in [-0.2, 0) is 6.42 Å². The summed E-state index contributed by atoms with van der Waals surface area (Å²) < 4.78 is 0. The molecule has 3 N–H and O–H groups in total. The molecule has 0 saturated heterocycles. The summed E-state index contributed by atoms with van der Waals surface area (Å²) in [6, 6.07) is 2.80. The molecular weight excluding hydrogens is 244 g/mol. The van der Waals surface area contributed by atoms with Crippen LogP contribution in [0.4, 0.5) is 5.82 Å². The first-order valence-electron chi connectivity index (χ1n) is 6.53. The molecule has 0 spiro atoms. The SMILES string of the molecule is CCc1cc2c(NC3CCCC3N)ncnc2s1. The third kappa shape index (κ3) is 2.08. The second-order valence-corrected chi connectivity index (χ2v) is 5.97. The van der Waals surface area contributed by atoms with Gasteiger partial charge in [0.15, 0.2) is 0 Å². The molecule has 0 aromatic carbocycles. The van der Waals surface area contributed by atoms with E-state index in [2.05, 4.69) is 28.3 Å². The number of aromatic nitrogens is 2. The Kier molecular flexibility index (Phi) is 3.18. The minimum absolute atomic E-state index is 0.249. The summed E-state index contributed by atoms with van der Waals surface area (Å²) in [6.45, 7) is 2.16. The van der Waals surface area contributed by atoms with Crippen LogP contribution in [0.2, 0.25) is 0 Å². The van der Waals surface area contributed by atoms with E-state index in [9.17, 15) is 0 Å². The fraction of sp³-hybridized carbons (Fsp3) is 0.538. The van der Waals surface area contributed by atoms with Crippen molar-refractivity contribution >= 4 is 27.4 Å². The van der Waals surface area contributed by atoms with Gasteiger partial charge < -0.3 is 11.1 Å². The van der Waals surface area contributed by atoms with Gasteiger partial charge in [0, 0.05) is 17.0 Å². The first-order chi connectivity index (χ1) is 8.78. The van der Waals surface area contributed by atoms with Crippen LogP contribution in [0.5, 0.6) is 0 Å².